The molecule has 0 saturated heterocycles. The molecule has 0 saturated carbocycles. The Morgan fingerprint density at radius 2 is 1.61 bits per heavy atom. The van der Waals surface area contributed by atoms with E-state index in [4.69, 9.17) is 4.74 Å². The number of amides is 3. The normalized spacial score (nSPS) is 12.8. The van der Waals surface area contributed by atoms with Crippen LogP contribution in [0.4, 0.5) is 4.79 Å². The second kappa shape index (κ2) is 13.1. The zero-order valence-electron chi connectivity index (χ0n) is 23.5. The summed E-state index contributed by atoms with van der Waals surface area (Å²) in [5, 5.41) is 15.4. The fraction of sp³-hybridized carbons (Fsp3) is 0.433. The van der Waals surface area contributed by atoms with E-state index in [1.807, 2.05) is 45.9 Å². The van der Waals surface area contributed by atoms with Gasteiger partial charge in [0, 0.05) is 19.0 Å². The average Bonchev–Trinajstić information content (AvgIpc) is 2.79. The van der Waals surface area contributed by atoms with Crippen molar-refractivity contribution in [2.24, 2.45) is 0 Å². The number of ether oxygens (including phenoxy) is 1. The van der Waals surface area contributed by atoms with Gasteiger partial charge in [0.25, 0.3) is 0 Å². The van der Waals surface area contributed by atoms with Crippen molar-refractivity contribution < 1.29 is 24.2 Å². The number of aromatic hydroxyl groups is 1. The molecule has 0 aliphatic carbocycles. The Hall–Kier alpha value is -3.81. The zero-order valence-corrected chi connectivity index (χ0v) is 23.5. The first kappa shape index (κ1) is 30.4. The Balaban J connectivity index is 2.59. The van der Waals surface area contributed by atoms with Crippen molar-refractivity contribution in [2.75, 3.05) is 6.54 Å². The predicted molar refractivity (Wildman–Crippen MR) is 149 cm³/mol. The van der Waals surface area contributed by atoms with Gasteiger partial charge in [-0.15, -0.1) is 6.58 Å². The number of phenols is 1. The molecule has 206 valence electrons. The van der Waals surface area contributed by atoms with E-state index in [1.54, 1.807) is 39.0 Å². The van der Waals surface area contributed by atoms with E-state index < -0.39 is 29.7 Å². The lowest BCUT2D eigenvalue weighted by molar-refractivity contribution is -0.142. The largest absolute Gasteiger partial charge is 0.508 e. The topological polar surface area (TPSA) is 108 Å². The summed E-state index contributed by atoms with van der Waals surface area (Å²) in [4.78, 5) is 42.1. The molecule has 38 heavy (non-hydrogen) atoms. The summed E-state index contributed by atoms with van der Waals surface area (Å²) < 4.78 is 5.44. The van der Waals surface area contributed by atoms with Crippen molar-refractivity contribution >= 4 is 17.9 Å². The number of aryl methyl sites for hydroxylation is 2. The smallest absolute Gasteiger partial charge is 0.408 e. The molecule has 2 aromatic rings. The molecule has 2 aromatic carbocycles. The summed E-state index contributed by atoms with van der Waals surface area (Å²) in [5.41, 5.74) is 2.40. The second-order valence-electron chi connectivity index (χ2n) is 10.7. The molecule has 0 aliphatic rings. The van der Waals surface area contributed by atoms with Gasteiger partial charge in [-0.1, -0.05) is 36.4 Å². The van der Waals surface area contributed by atoms with Gasteiger partial charge in [-0.2, -0.15) is 0 Å². The van der Waals surface area contributed by atoms with Crippen LogP contribution in [0.25, 0.3) is 0 Å². The van der Waals surface area contributed by atoms with Gasteiger partial charge in [0.05, 0.1) is 0 Å². The maximum absolute atomic E-state index is 14.2. The maximum atomic E-state index is 14.2. The molecule has 8 nitrogen and oxygen atoms in total. The Morgan fingerprint density at radius 3 is 2.11 bits per heavy atom. The molecular formula is C30H41N3O5. The number of nitrogens with one attached hydrogen (secondary N) is 2. The van der Waals surface area contributed by atoms with Crippen molar-refractivity contribution in [3.8, 4) is 5.75 Å². The number of phenolic OH excluding ortho intramolecular Hbond substituents is 1. The van der Waals surface area contributed by atoms with E-state index >= 15 is 0 Å². The molecule has 0 aromatic heterocycles. The third-order valence-corrected chi connectivity index (χ3v) is 5.78. The molecular weight excluding hydrogens is 482 g/mol. The zero-order chi connectivity index (χ0) is 28.6. The highest BCUT2D eigenvalue weighted by Gasteiger charge is 2.37. The Morgan fingerprint density at radius 1 is 1.03 bits per heavy atom. The van der Waals surface area contributed by atoms with Gasteiger partial charge >= 0.3 is 6.09 Å². The van der Waals surface area contributed by atoms with Gasteiger partial charge in [0.15, 0.2) is 0 Å². The first-order chi connectivity index (χ1) is 17.7. The number of rotatable bonds is 10. The van der Waals surface area contributed by atoms with E-state index in [0.717, 1.165) is 16.7 Å². The molecule has 0 bridgehead atoms. The number of carbonyl (C=O) groups is 3. The summed E-state index contributed by atoms with van der Waals surface area (Å²) in [5.74, 6) is -0.700. The highest BCUT2D eigenvalue weighted by atomic mass is 16.6. The summed E-state index contributed by atoms with van der Waals surface area (Å²) in [7, 11) is 0. The van der Waals surface area contributed by atoms with Crippen LogP contribution in [0.15, 0.2) is 55.1 Å². The van der Waals surface area contributed by atoms with Crippen LogP contribution in [0.1, 0.15) is 62.9 Å². The number of benzene rings is 2. The minimum Gasteiger partial charge on any atom is -0.508 e. The van der Waals surface area contributed by atoms with Crippen molar-refractivity contribution in [1.29, 1.82) is 0 Å². The first-order valence-corrected chi connectivity index (χ1v) is 12.8. The van der Waals surface area contributed by atoms with Gasteiger partial charge in [-0.3, -0.25) is 9.59 Å². The summed E-state index contributed by atoms with van der Waals surface area (Å²) >= 11 is 0. The van der Waals surface area contributed by atoms with Gasteiger partial charge in [-0.05, 0) is 82.9 Å². The molecule has 0 radical (unpaired) electrons. The molecule has 0 heterocycles. The fourth-order valence-electron chi connectivity index (χ4n) is 4.23. The van der Waals surface area contributed by atoms with Crippen LogP contribution >= 0.6 is 0 Å². The monoisotopic (exact) mass is 523 g/mol. The molecule has 2 rings (SSSR count). The third-order valence-electron chi connectivity index (χ3n) is 5.78. The SMILES string of the molecule is C=CCN(C(=O)C(Cc1ccc(O)cc1)NC(=O)OC(C)(C)C)C(C(=O)NC(C)C)c1c(C)cccc1C. The van der Waals surface area contributed by atoms with E-state index in [9.17, 15) is 19.5 Å². The highest BCUT2D eigenvalue weighted by molar-refractivity contribution is 5.93. The summed E-state index contributed by atoms with van der Waals surface area (Å²) in [6.07, 6.45) is 0.937. The third kappa shape index (κ3) is 8.64. The minimum absolute atomic E-state index is 0.0743. The lowest BCUT2D eigenvalue weighted by Gasteiger charge is -2.35. The Kier molecular flexibility index (Phi) is 10.5. The van der Waals surface area contributed by atoms with Gasteiger partial charge < -0.3 is 25.4 Å². The standard InChI is InChI=1S/C30H41N3O5/c1-9-17-33(26(27(35)31-19(2)3)25-20(4)11-10-12-21(25)5)28(36)24(32-29(37)38-30(6,7)8)18-22-13-15-23(34)16-14-22/h9-16,19,24,26,34H,1,17-18H2,2-8H3,(H,31,35)(H,32,37). The van der Waals surface area contributed by atoms with Crippen molar-refractivity contribution in [2.45, 2.75) is 78.6 Å². The lowest BCUT2D eigenvalue weighted by Crippen LogP contribution is -2.54. The van der Waals surface area contributed by atoms with Crippen molar-refractivity contribution in [1.82, 2.24) is 15.5 Å². The predicted octanol–water partition coefficient (Wildman–Crippen LogP) is 4.73. The van der Waals surface area contributed by atoms with Crippen LogP contribution in [0.2, 0.25) is 0 Å². The van der Waals surface area contributed by atoms with Crippen LogP contribution in [-0.2, 0) is 20.7 Å². The van der Waals surface area contributed by atoms with Gasteiger partial charge in [0.1, 0.15) is 23.4 Å². The van der Waals surface area contributed by atoms with E-state index in [1.165, 1.54) is 17.0 Å². The number of hydrogen-bond donors (Lipinski definition) is 3. The summed E-state index contributed by atoms with van der Waals surface area (Å²) in [6, 6.07) is 9.95. The number of nitrogens with zero attached hydrogens (tertiary/aromatic N) is 1. The average molecular weight is 524 g/mol. The first-order valence-electron chi connectivity index (χ1n) is 12.8. The molecule has 0 spiro atoms. The number of carbonyl (C=O) groups excluding carboxylic acids is 3. The van der Waals surface area contributed by atoms with Crippen LogP contribution in [0.5, 0.6) is 5.75 Å². The lowest BCUT2D eigenvalue weighted by atomic mass is 9.93. The van der Waals surface area contributed by atoms with Crippen LogP contribution in [0, 0.1) is 13.8 Å². The van der Waals surface area contributed by atoms with Crippen LogP contribution in [0.3, 0.4) is 0 Å². The highest BCUT2D eigenvalue weighted by Crippen LogP contribution is 2.29. The van der Waals surface area contributed by atoms with E-state index in [0.29, 0.717) is 5.56 Å². The second-order valence-corrected chi connectivity index (χ2v) is 10.7. The molecule has 8 heteroatoms. The Labute approximate surface area is 226 Å². The minimum atomic E-state index is -1.05. The molecule has 3 amide bonds. The van der Waals surface area contributed by atoms with Crippen molar-refractivity contribution in [3.63, 3.8) is 0 Å². The number of hydrogen-bond acceptors (Lipinski definition) is 5. The van der Waals surface area contributed by atoms with E-state index in [2.05, 4.69) is 17.2 Å². The van der Waals surface area contributed by atoms with Crippen molar-refractivity contribution in [3.05, 3.63) is 77.4 Å². The molecule has 0 aliphatic heterocycles. The molecule has 0 fully saturated rings. The number of alkyl carbamates (subject to hydrolysis) is 1. The fourth-order valence-corrected chi connectivity index (χ4v) is 4.23. The molecule has 2 unspecified atom stereocenters. The van der Waals surface area contributed by atoms with Crippen LogP contribution < -0.4 is 10.6 Å². The summed E-state index contributed by atoms with van der Waals surface area (Å²) in [6.45, 7) is 16.6. The molecule has 3 N–H and O–H groups in total. The van der Waals surface area contributed by atoms with Gasteiger partial charge in [0.2, 0.25) is 11.8 Å². The van der Waals surface area contributed by atoms with E-state index in [-0.39, 0.29) is 30.7 Å². The quantitative estimate of drug-likeness (QED) is 0.391. The van der Waals surface area contributed by atoms with Crippen LogP contribution in [-0.4, -0.2) is 52.1 Å². The van der Waals surface area contributed by atoms with Gasteiger partial charge in [-0.25, -0.2) is 4.79 Å². The Bertz CT molecular complexity index is 1120. The molecule has 2 atom stereocenters. The maximum Gasteiger partial charge on any atom is 0.408 e.